The Labute approximate surface area is 197 Å². The first kappa shape index (κ1) is 23.4. The van der Waals surface area contributed by atoms with E-state index >= 15 is 0 Å². The van der Waals surface area contributed by atoms with Gasteiger partial charge in [-0.25, -0.2) is 0 Å². The third-order valence-electron chi connectivity index (χ3n) is 4.99. The molecule has 9 heteroatoms. The number of nitriles is 1. The molecule has 1 atom stereocenters. The van der Waals surface area contributed by atoms with Crippen molar-refractivity contribution in [3.63, 3.8) is 0 Å². The number of thioether (sulfide) groups is 1. The second-order valence-electron chi connectivity index (χ2n) is 7.04. The van der Waals surface area contributed by atoms with E-state index in [0.717, 1.165) is 16.2 Å². The first-order valence-electron chi connectivity index (χ1n) is 9.52. The van der Waals surface area contributed by atoms with Crippen molar-refractivity contribution in [1.29, 1.82) is 5.26 Å². The molecule has 32 heavy (non-hydrogen) atoms. The second kappa shape index (κ2) is 9.94. The third kappa shape index (κ3) is 4.82. The molecule has 0 aliphatic carbocycles. The highest BCUT2D eigenvalue weighted by Gasteiger charge is 2.36. The van der Waals surface area contributed by atoms with Gasteiger partial charge in [0.25, 0.3) is 5.69 Å². The summed E-state index contributed by atoms with van der Waals surface area (Å²) in [4.78, 5) is 36.2. The summed E-state index contributed by atoms with van der Waals surface area (Å²) in [5.74, 6) is -1.26. The van der Waals surface area contributed by atoms with E-state index in [4.69, 9.17) is 0 Å². The van der Waals surface area contributed by atoms with Gasteiger partial charge in [0.2, 0.25) is 0 Å². The number of para-hydroxylation sites is 1. The number of hydrogen-bond acceptors (Lipinski definition) is 7. The van der Waals surface area contributed by atoms with Crippen LogP contribution in [-0.4, -0.2) is 22.2 Å². The Morgan fingerprint density at radius 2 is 1.88 bits per heavy atom. The van der Waals surface area contributed by atoms with Gasteiger partial charge >= 0.3 is 0 Å². The molecule has 0 spiro atoms. The maximum atomic E-state index is 12.6. The molecule has 2 aromatic rings. The van der Waals surface area contributed by atoms with Gasteiger partial charge in [0.1, 0.15) is 0 Å². The summed E-state index contributed by atoms with van der Waals surface area (Å²) in [6, 6.07) is 15.1. The molecule has 0 saturated carbocycles. The Bertz CT molecular complexity index is 1210. The van der Waals surface area contributed by atoms with E-state index in [0.29, 0.717) is 21.9 Å². The summed E-state index contributed by atoms with van der Waals surface area (Å²) in [7, 11) is 0. The summed E-state index contributed by atoms with van der Waals surface area (Å²) in [6.07, 6.45) is 0. The zero-order chi connectivity index (χ0) is 23.4. The second-order valence-corrected chi connectivity index (χ2v) is 8.94. The predicted molar refractivity (Wildman–Crippen MR) is 126 cm³/mol. The third-order valence-corrected chi connectivity index (χ3v) is 6.53. The van der Waals surface area contributed by atoms with E-state index in [1.807, 2.05) is 0 Å². The standard InChI is InChI=1S/C23H18BrN3O4S/c1-13-21(14(2)28)22(17-5-3-4-6-19(17)27(30)31)18(11-25)23(26-13)32-12-20(29)15-7-9-16(24)10-8-15/h3-10,22,26H,12H2,1-2H3. The number of nitrogens with one attached hydrogen (secondary N) is 1. The van der Waals surface area contributed by atoms with Crippen molar-refractivity contribution in [1.82, 2.24) is 5.32 Å². The van der Waals surface area contributed by atoms with Crippen LogP contribution < -0.4 is 5.32 Å². The maximum absolute atomic E-state index is 12.6. The largest absolute Gasteiger partial charge is 0.353 e. The van der Waals surface area contributed by atoms with E-state index in [-0.39, 0.29) is 34.1 Å². The molecule has 3 rings (SSSR count). The molecule has 0 radical (unpaired) electrons. The average Bonchev–Trinajstić information content (AvgIpc) is 2.77. The van der Waals surface area contributed by atoms with Gasteiger partial charge in [-0.1, -0.05) is 58.0 Å². The van der Waals surface area contributed by atoms with E-state index < -0.39 is 10.8 Å². The molecule has 0 saturated heterocycles. The lowest BCUT2D eigenvalue weighted by Crippen LogP contribution is -2.27. The van der Waals surface area contributed by atoms with Gasteiger partial charge < -0.3 is 5.32 Å². The van der Waals surface area contributed by atoms with E-state index in [9.17, 15) is 25.0 Å². The smallest absolute Gasteiger partial charge is 0.273 e. The number of nitro benzene ring substituents is 1. The van der Waals surface area contributed by atoms with Gasteiger partial charge in [-0.2, -0.15) is 5.26 Å². The maximum Gasteiger partial charge on any atom is 0.273 e. The van der Waals surface area contributed by atoms with Crippen molar-refractivity contribution < 1.29 is 14.5 Å². The number of nitrogens with zero attached hydrogens (tertiary/aromatic N) is 2. The van der Waals surface area contributed by atoms with Crippen LogP contribution >= 0.6 is 27.7 Å². The first-order chi connectivity index (χ1) is 15.2. The van der Waals surface area contributed by atoms with Crippen molar-refractivity contribution >= 4 is 44.9 Å². The van der Waals surface area contributed by atoms with Crippen LogP contribution in [0.3, 0.4) is 0 Å². The van der Waals surface area contributed by atoms with Crippen LogP contribution in [0.25, 0.3) is 0 Å². The summed E-state index contributed by atoms with van der Waals surface area (Å²) in [5.41, 5.74) is 1.58. The van der Waals surface area contributed by atoms with E-state index in [1.165, 1.54) is 19.1 Å². The monoisotopic (exact) mass is 511 g/mol. The highest BCUT2D eigenvalue weighted by molar-refractivity contribution is 9.10. The molecule has 2 aromatic carbocycles. The number of nitro groups is 1. The molecular weight excluding hydrogens is 494 g/mol. The number of rotatable bonds is 7. The number of carbonyl (C=O) groups is 2. The normalized spacial score (nSPS) is 15.8. The lowest BCUT2D eigenvalue weighted by atomic mass is 9.80. The number of benzene rings is 2. The van der Waals surface area contributed by atoms with Crippen LogP contribution in [0.15, 0.2) is 74.9 Å². The molecule has 1 N–H and O–H groups in total. The van der Waals surface area contributed by atoms with Crippen LogP contribution in [0.5, 0.6) is 0 Å². The minimum atomic E-state index is -0.898. The number of allylic oxidation sites excluding steroid dienone is 3. The summed E-state index contributed by atoms with van der Waals surface area (Å²) in [6.45, 7) is 3.05. The highest BCUT2D eigenvalue weighted by atomic mass is 79.9. The van der Waals surface area contributed by atoms with Crippen molar-refractivity contribution in [3.8, 4) is 6.07 Å². The zero-order valence-electron chi connectivity index (χ0n) is 17.2. The first-order valence-corrected chi connectivity index (χ1v) is 11.3. The van der Waals surface area contributed by atoms with Gasteiger partial charge in [-0.3, -0.25) is 19.7 Å². The Hall–Kier alpha value is -3.22. The quantitative estimate of drug-likeness (QED) is 0.306. The van der Waals surface area contributed by atoms with Crippen LogP contribution in [0.2, 0.25) is 0 Å². The lowest BCUT2D eigenvalue weighted by Gasteiger charge is -2.29. The lowest BCUT2D eigenvalue weighted by molar-refractivity contribution is -0.385. The number of Topliss-reactive ketones (excluding diaryl/α,β-unsaturated/α-hetero) is 2. The van der Waals surface area contributed by atoms with Gasteiger partial charge in [0.15, 0.2) is 11.6 Å². The number of dihydropyridines is 1. The van der Waals surface area contributed by atoms with Crippen LogP contribution in [0.1, 0.15) is 35.7 Å². The Balaban J connectivity index is 2.03. The van der Waals surface area contributed by atoms with Crippen LogP contribution in [-0.2, 0) is 4.79 Å². The molecule has 0 amide bonds. The fourth-order valence-electron chi connectivity index (χ4n) is 3.56. The molecule has 7 nitrogen and oxygen atoms in total. The summed E-state index contributed by atoms with van der Waals surface area (Å²) >= 11 is 4.47. The van der Waals surface area contributed by atoms with Gasteiger partial charge in [0.05, 0.1) is 33.3 Å². The fraction of sp³-hybridized carbons (Fsp3) is 0.174. The number of carbonyl (C=O) groups excluding carboxylic acids is 2. The summed E-state index contributed by atoms with van der Waals surface area (Å²) < 4.78 is 0.856. The minimum Gasteiger partial charge on any atom is -0.353 e. The molecule has 0 fully saturated rings. The topological polar surface area (TPSA) is 113 Å². The molecular formula is C23H18BrN3O4S. The summed E-state index contributed by atoms with van der Waals surface area (Å²) in [5, 5.41) is 25.1. The highest BCUT2D eigenvalue weighted by Crippen LogP contribution is 2.43. The Kier molecular flexibility index (Phi) is 7.28. The molecule has 1 aliphatic heterocycles. The molecule has 1 unspecified atom stereocenters. The SMILES string of the molecule is CC(=O)C1=C(C)NC(SCC(=O)c2ccc(Br)cc2)=C(C#N)C1c1ccccc1[N+](=O)[O-]. The van der Waals surface area contributed by atoms with Crippen LogP contribution in [0, 0.1) is 21.4 Å². The molecule has 0 aromatic heterocycles. The number of hydrogen-bond donors (Lipinski definition) is 1. The van der Waals surface area contributed by atoms with Crippen molar-refractivity contribution in [2.45, 2.75) is 19.8 Å². The molecule has 0 bridgehead atoms. The van der Waals surface area contributed by atoms with Gasteiger partial charge in [-0.05, 0) is 26.0 Å². The minimum absolute atomic E-state index is 0.0570. The van der Waals surface area contributed by atoms with E-state index in [1.54, 1.807) is 43.3 Å². The van der Waals surface area contributed by atoms with Crippen LogP contribution in [0.4, 0.5) is 5.69 Å². The molecule has 162 valence electrons. The van der Waals surface area contributed by atoms with Crippen molar-refractivity contribution in [2.24, 2.45) is 0 Å². The average molecular weight is 512 g/mol. The fourth-order valence-corrected chi connectivity index (χ4v) is 4.81. The Morgan fingerprint density at radius 1 is 1.22 bits per heavy atom. The number of halogens is 1. The predicted octanol–water partition coefficient (Wildman–Crippen LogP) is 5.26. The Morgan fingerprint density at radius 3 is 2.47 bits per heavy atom. The zero-order valence-corrected chi connectivity index (χ0v) is 19.6. The van der Waals surface area contributed by atoms with Gasteiger partial charge in [0, 0.05) is 32.9 Å². The van der Waals surface area contributed by atoms with Gasteiger partial charge in [-0.15, -0.1) is 0 Å². The molecule has 1 heterocycles. The van der Waals surface area contributed by atoms with E-state index in [2.05, 4.69) is 27.3 Å². The van der Waals surface area contributed by atoms with Crippen molar-refractivity contribution in [3.05, 3.63) is 96.1 Å². The number of ketones is 2. The van der Waals surface area contributed by atoms with Crippen molar-refractivity contribution in [2.75, 3.05) is 5.75 Å². The molecule has 1 aliphatic rings.